The number of hydrogen-bond acceptors (Lipinski definition) is 4. The number of carbonyl (C=O) groups is 1. The van der Waals surface area contributed by atoms with E-state index in [4.69, 9.17) is 9.47 Å². The number of likely N-dealkylation sites (tertiary alicyclic amines) is 1. The summed E-state index contributed by atoms with van der Waals surface area (Å²) in [7, 11) is 3.11. The van der Waals surface area contributed by atoms with Crippen LogP contribution >= 0.6 is 0 Å². The molecule has 7 heteroatoms. The second-order valence-electron chi connectivity index (χ2n) is 8.01. The third-order valence-corrected chi connectivity index (χ3v) is 5.75. The van der Waals surface area contributed by atoms with E-state index in [1.165, 1.54) is 25.3 Å². The Kier molecular flexibility index (Phi) is 8.51. The summed E-state index contributed by atoms with van der Waals surface area (Å²) in [4.78, 5) is 16.6. The van der Waals surface area contributed by atoms with Crippen molar-refractivity contribution in [2.75, 3.05) is 53.6 Å². The molecule has 1 heterocycles. The number of rotatable bonds is 10. The van der Waals surface area contributed by atoms with Gasteiger partial charge in [-0.1, -0.05) is 24.3 Å². The minimum Gasteiger partial charge on any atom is -0.383 e. The first-order chi connectivity index (χ1) is 15.0. The largest absolute Gasteiger partial charge is 0.383 e. The molecule has 0 aromatic heterocycles. The summed E-state index contributed by atoms with van der Waals surface area (Å²) in [6.07, 6.45) is 0. The Morgan fingerprint density at radius 3 is 2.52 bits per heavy atom. The maximum absolute atomic E-state index is 13.9. The topological polar surface area (TPSA) is 42.0 Å². The molecule has 0 spiro atoms. The van der Waals surface area contributed by atoms with E-state index >= 15 is 0 Å². The van der Waals surface area contributed by atoms with Crippen molar-refractivity contribution in [2.24, 2.45) is 5.92 Å². The molecule has 1 amide bonds. The number of nitrogens with zero attached hydrogens (tertiary/aromatic N) is 2. The average molecular weight is 433 g/mol. The van der Waals surface area contributed by atoms with Crippen LogP contribution in [0.3, 0.4) is 0 Å². The predicted octanol–water partition coefficient (Wildman–Crippen LogP) is 3.30. The predicted molar refractivity (Wildman–Crippen MR) is 115 cm³/mol. The quantitative estimate of drug-likeness (QED) is 0.578. The highest BCUT2D eigenvalue weighted by Gasteiger charge is 2.35. The molecule has 0 bridgehead atoms. The maximum Gasteiger partial charge on any atom is 0.248 e. The summed E-state index contributed by atoms with van der Waals surface area (Å²) in [5.41, 5.74) is 1.95. The number of amides is 1. The first kappa shape index (κ1) is 23.3. The van der Waals surface area contributed by atoms with Crippen LogP contribution in [0.2, 0.25) is 0 Å². The van der Waals surface area contributed by atoms with Crippen LogP contribution in [0.1, 0.15) is 17.0 Å². The van der Waals surface area contributed by atoms with E-state index in [2.05, 4.69) is 4.90 Å². The van der Waals surface area contributed by atoms with Crippen LogP contribution in [0, 0.1) is 17.6 Å². The normalized spacial score (nSPS) is 19.0. The van der Waals surface area contributed by atoms with E-state index in [1.54, 1.807) is 36.3 Å². The molecule has 5 nitrogen and oxygen atoms in total. The van der Waals surface area contributed by atoms with Crippen LogP contribution in [0.25, 0.3) is 0 Å². The molecule has 31 heavy (non-hydrogen) atoms. The molecular weight excluding hydrogens is 402 g/mol. The average Bonchev–Trinajstić information content (AvgIpc) is 3.15. The van der Waals surface area contributed by atoms with Crippen LogP contribution < -0.4 is 0 Å². The van der Waals surface area contributed by atoms with E-state index in [0.717, 1.165) is 24.2 Å². The summed E-state index contributed by atoms with van der Waals surface area (Å²) in [5, 5.41) is 0. The fourth-order valence-corrected chi connectivity index (χ4v) is 4.25. The molecule has 2 aromatic rings. The molecule has 2 unspecified atom stereocenters. The molecule has 0 radical (unpaired) electrons. The van der Waals surface area contributed by atoms with Crippen LogP contribution in [0.4, 0.5) is 8.78 Å². The van der Waals surface area contributed by atoms with Crippen molar-refractivity contribution >= 4 is 5.91 Å². The zero-order valence-corrected chi connectivity index (χ0v) is 18.1. The number of ether oxygens (including phenoxy) is 2. The van der Waals surface area contributed by atoms with E-state index in [1.807, 2.05) is 6.07 Å². The molecule has 0 N–H and O–H groups in total. The molecular formula is C24H30F2N2O3. The van der Waals surface area contributed by atoms with Gasteiger partial charge in [-0.2, -0.15) is 0 Å². The van der Waals surface area contributed by atoms with E-state index < -0.39 is 0 Å². The Bertz CT molecular complexity index is 847. The van der Waals surface area contributed by atoms with Gasteiger partial charge in [-0.05, 0) is 41.3 Å². The lowest BCUT2D eigenvalue weighted by Crippen LogP contribution is -2.41. The summed E-state index contributed by atoms with van der Waals surface area (Å²) < 4.78 is 37.4. The van der Waals surface area contributed by atoms with Crippen molar-refractivity contribution in [3.63, 3.8) is 0 Å². The third-order valence-electron chi connectivity index (χ3n) is 5.75. The van der Waals surface area contributed by atoms with Gasteiger partial charge in [0.1, 0.15) is 18.2 Å². The molecule has 3 rings (SSSR count). The van der Waals surface area contributed by atoms with E-state index in [9.17, 15) is 13.6 Å². The number of carbonyl (C=O) groups excluding carboxylic acids is 1. The van der Waals surface area contributed by atoms with E-state index in [-0.39, 0.29) is 36.0 Å². The molecule has 2 aromatic carbocycles. The van der Waals surface area contributed by atoms with Crippen LogP contribution in [-0.2, 0) is 20.8 Å². The van der Waals surface area contributed by atoms with Gasteiger partial charge in [0, 0.05) is 52.9 Å². The summed E-state index contributed by atoms with van der Waals surface area (Å²) in [6, 6.07) is 13.2. The van der Waals surface area contributed by atoms with Crippen LogP contribution in [0.15, 0.2) is 48.5 Å². The molecule has 168 valence electrons. The highest BCUT2D eigenvalue weighted by Crippen LogP contribution is 2.34. The first-order valence-corrected chi connectivity index (χ1v) is 10.5. The van der Waals surface area contributed by atoms with Crippen molar-refractivity contribution in [2.45, 2.75) is 12.5 Å². The van der Waals surface area contributed by atoms with Gasteiger partial charge < -0.3 is 14.4 Å². The lowest BCUT2D eigenvalue weighted by atomic mass is 9.88. The molecule has 1 saturated heterocycles. The Balaban J connectivity index is 1.79. The zero-order valence-electron chi connectivity index (χ0n) is 18.1. The Morgan fingerprint density at radius 2 is 1.84 bits per heavy atom. The number of methoxy groups -OCH3 is 2. The van der Waals surface area contributed by atoms with Crippen molar-refractivity contribution in [3.8, 4) is 0 Å². The van der Waals surface area contributed by atoms with Gasteiger partial charge in [-0.25, -0.2) is 8.78 Å². The standard InChI is InChI=1S/C24H30F2N2O3/c1-30-11-10-28(24(29)17-31-2)15-20-14-27(13-18-6-8-21(25)9-7-18)16-23(20)19-4-3-5-22(26)12-19/h3-9,12,20,23H,10-11,13-17H2,1-2H3. The van der Waals surface area contributed by atoms with Gasteiger partial charge >= 0.3 is 0 Å². The summed E-state index contributed by atoms with van der Waals surface area (Å²) in [5.74, 6) is -0.406. The first-order valence-electron chi connectivity index (χ1n) is 10.5. The summed E-state index contributed by atoms with van der Waals surface area (Å²) >= 11 is 0. The Hall–Kier alpha value is -2.35. The van der Waals surface area contributed by atoms with Crippen molar-refractivity contribution in [1.29, 1.82) is 0 Å². The SMILES string of the molecule is COCCN(CC1CN(Cc2ccc(F)cc2)CC1c1cccc(F)c1)C(=O)COC. The second-order valence-corrected chi connectivity index (χ2v) is 8.01. The van der Waals surface area contributed by atoms with Crippen LogP contribution in [-0.4, -0.2) is 69.3 Å². The van der Waals surface area contributed by atoms with Crippen molar-refractivity contribution in [3.05, 3.63) is 71.3 Å². The fourth-order valence-electron chi connectivity index (χ4n) is 4.25. The molecule has 0 saturated carbocycles. The highest BCUT2D eigenvalue weighted by atomic mass is 19.1. The number of halogens is 2. The molecule has 1 fully saturated rings. The molecule has 1 aliphatic rings. The van der Waals surface area contributed by atoms with Crippen molar-refractivity contribution < 1.29 is 23.0 Å². The minimum absolute atomic E-state index is 0.0142. The zero-order chi connectivity index (χ0) is 22.2. The smallest absolute Gasteiger partial charge is 0.248 e. The van der Waals surface area contributed by atoms with Gasteiger partial charge in [0.15, 0.2) is 0 Å². The monoisotopic (exact) mass is 432 g/mol. The third kappa shape index (κ3) is 6.56. The van der Waals surface area contributed by atoms with Gasteiger partial charge in [-0.3, -0.25) is 9.69 Å². The molecule has 2 atom stereocenters. The number of hydrogen-bond donors (Lipinski definition) is 0. The lowest BCUT2D eigenvalue weighted by molar-refractivity contribution is -0.136. The van der Waals surface area contributed by atoms with Crippen LogP contribution in [0.5, 0.6) is 0 Å². The lowest BCUT2D eigenvalue weighted by Gasteiger charge is -2.28. The van der Waals surface area contributed by atoms with Crippen molar-refractivity contribution in [1.82, 2.24) is 9.80 Å². The van der Waals surface area contributed by atoms with Gasteiger partial charge in [0.05, 0.1) is 6.61 Å². The Labute approximate surface area is 182 Å². The fraction of sp³-hybridized carbons (Fsp3) is 0.458. The Morgan fingerprint density at radius 1 is 1.06 bits per heavy atom. The molecule has 1 aliphatic heterocycles. The molecule has 0 aliphatic carbocycles. The minimum atomic E-state index is -0.264. The van der Waals surface area contributed by atoms with Gasteiger partial charge in [0.2, 0.25) is 5.91 Å². The van der Waals surface area contributed by atoms with Gasteiger partial charge in [0.25, 0.3) is 0 Å². The summed E-state index contributed by atoms with van der Waals surface area (Å²) in [6.45, 7) is 3.62. The van der Waals surface area contributed by atoms with Gasteiger partial charge in [-0.15, -0.1) is 0 Å². The number of benzene rings is 2. The maximum atomic E-state index is 13.9. The van der Waals surface area contributed by atoms with E-state index in [0.29, 0.717) is 26.2 Å². The highest BCUT2D eigenvalue weighted by molar-refractivity contribution is 5.77. The second kappa shape index (κ2) is 11.3.